The molecule has 1 atom stereocenters. The average molecular weight is 392 g/mol. The van der Waals surface area contributed by atoms with Crippen LogP contribution in [0.2, 0.25) is 0 Å². The smallest absolute Gasteiger partial charge is 0.422 e. The first-order valence-electron chi connectivity index (χ1n) is 9.12. The second-order valence-corrected chi connectivity index (χ2v) is 6.94. The van der Waals surface area contributed by atoms with Crippen molar-refractivity contribution in [3.63, 3.8) is 0 Å². The molecule has 0 bridgehead atoms. The molecule has 1 aliphatic carbocycles. The highest BCUT2D eigenvalue weighted by atomic mass is 19.4. The molecule has 148 valence electrons. The van der Waals surface area contributed by atoms with Gasteiger partial charge in [0.2, 0.25) is 5.88 Å². The second kappa shape index (κ2) is 7.05. The molecule has 0 aliphatic heterocycles. The number of nitrogens with zero attached hydrogens (tertiary/aromatic N) is 4. The molecule has 3 aromatic rings. The van der Waals surface area contributed by atoms with Crippen LogP contribution >= 0.6 is 0 Å². The molecule has 0 spiro atoms. The Bertz CT molecular complexity index is 998. The Morgan fingerprint density at radius 2 is 2.07 bits per heavy atom. The number of fused-ring (bicyclic) bond motifs is 1. The van der Waals surface area contributed by atoms with Gasteiger partial charge in [-0.05, 0) is 49.4 Å². The number of pyridine rings is 1. The summed E-state index contributed by atoms with van der Waals surface area (Å²) < 4.78 is 48.6. The summed E-state index contributed by atoms with van der Waals surface area (Å²) in [5.41, 5.74) is -0.592. The standard InChI is InChI=1S/C19H19F3N4O2/c1-2-14(27)12-4-3-9-23-18(12)28-15-8-7-13-17(16(15)19(20,21)22)24-25-26(13)10-11-5-6-11/h3-4,7-9,11,14,27H,2,5-6,10H2,1H3. The molecule has 0 radical (unpaired) electrons. The second-order valence-electron chi connectivity index (χ2n) is 6.94. The van der Waals surface area contributed by atoms with E-state index in [4.69, 9.17) is 4.74 Å². The number of aromatic nitrogens is 4. The predicted molar refractivity (Wildman–Crippen MR) is 94.8 cm³/mol. The number of aliphatic hydroxyl groups excluding tert-OH is 1. The monoisotopic (exact) mass is 392 g/mol. The van der Waals surface area contributed by atoms with Crippen molar-refractivity contribution >= 4 is 11.0 Å². The molecule has 1 N–H and O–H groups in total. The molecular weight excluding hydrogens is 373 g/mol. The number of rotatable bonds is 6. The number of hydrogen-bond acceptors (Lipinski definition) is 5. The summed E-state index contributed by atoms with van der Waals surface area (Å²) >= 11 is 0. The number of alkyl halides is 3. The third-order valence-corrected chi connectivity index (χ3v) is 4.81. The third kappa shape index (κ3) is 3.54. The maximum atomic E-state index is 13.9. The number of ether oxygens (including phenoxy) is 1. The number of aliphatic hydroxyl groups is 1. The molecule has 1 aromatic carbocycles. The van der Waals surface area contributed by atoms with E-state index in [1.54, 1.807) is 19.1 Å². The summed E-state index contributed by atoms with van der Waals surface area (Å²) in [5.74, 6) is -0.0319. The van der Waals surface area contributed by atoms with Gasteiger partial charge in [0.05, 0.1) is 11.6 Å². The summed E-state index contributed by atoms with van der Waals surface area (Å²) in [5, 5.41) is 17.8. The fourth-order valence-corrected chi connectivity index (χ4v) is 3.12. The molecule has 2 aromatic heterocycles. The van der Waals surface area contributed by atoms with Gasteiger partial charge >= 0.3 is 6.18 Å². The summed E-state index contributed by atoms with van der Waals surface area (Å²) in [6, 6.07) is 5.96. The van der Waals surface area contributed by atoms with Gasteiger partial charge in [-0.2, -0.15) is 13.2 Å². The Morgan fingerprint density at radius 3 is 2.75 bits per heavy atom. The summed E-state index contributed by atoms with van der Waals surface area (Å²) in [4.78, 5) is 4.01. The van der Waals surface area contributed by atoms with E-state index < -0.39 is 23.6 Å². The normalized spacial score (nSPS) is 15.8. The zero-order valence-corrected chi connectivity index (χ0v) is 15.1. The fraction of sp³-hybridized carbons (Fsp3) is 0.421. The van der Waals surface area contributed by atoms with Crippen molar-refractivity contribution in [2.75, 3.05) is 0 Å². The van der Waals surface area contributed by atoms with E-state index in [2.05, 4.69) is 15.3 Å². The minimum absolute atomic E-state index is 0.0629. The Morgan fingerprint density at radius 1 is 1.29 bits per heavy atom. The largest absolute Gasteiger partial charge is 0.438 e. The predicted octanol–water partition coefficient (Wildman–Crippen LogP) is 4.49. The van der Waals surface area contributed by atoms with Gasteiger partial charge in [0.1, 0.15) is 16.8 Å². The Hall–Kier alpha value is -2.68. The van der Waals surface area contributed by atoms with Crippen LogP contribution in [0, 0.1) is 5.92 Å². The van der Waals surface area contributed by atoms with E-state index in [0.717, 1.165) is 12.8 Å². The Kier molecular flexibility index (Phi) is 4.70. The van der Waals surface area contributed by atoms with Crippen LogP contribution in [-0.4, -0.2) is 25.1 Å². The molecule has 1 fully saturated rings. The molecule has 1 aliphatic rings. The van der Waals surface area contributed by atoms with Crippen molar-refractivity contribution < 1.29 is 23.0 Å². The van der Waals surface area contributed by atoms with Crippen molar-refractivity contribution in [3.8, 4) is 11.6 Å². The highest BCUT2D eigenvalue weighted by Gasteiger charge is 2.39. The first-order valence-corrected chi connectivity index (χ1v) is 9.12. The van der Waals surface area contributed by atoms with Crippen molar-refractivity contribution in [2.45, 2.75) is 45.0 Å². The van der Waals surface area contributed by atoms with E-state index in [0.29, 0.717) is 30.0 Å². The lowest BCUT2D eigenvalue weighted by Gasteiger charge is -2.17. The zero-order valence-electron chi connectivity index (χ0n) is 15.1. The first-order chi connectivity index (χ1) is 13.4. The van der Waals surface area contributed by atoms with Crippen LogP contribution in [-0.2, 0) is 12.7 Å². The SMILES string of the molecule is CCC(O)c1cccnc1Oc1ccc2c(nnn2CC2CC2)c1C(F)(F)F. The van der Waals surface area contributed by atoms with Crippen LogP contribution in [0.1, 0.15) is 43.4 Å². The van der Waals surface area contributed by atoms with Crippen molar-refractivity contribution in [1.82, 2.24) is 20.0 Å². The van der Waals surface area contributed by atoms with Crippen LogP contribution < -0.4 is 4.74 Å². The van der Waals surface area contributed by atoms with Crippen LogP contribution in [0.15, 0.2) is 30.5 Å². The molecule has 2 heterocycles. The molecule has 0 amide bonds. The van der Waals surface area contributed by atoms with E-state index in [1.165, 1.54) is 23.0 Å². The lowest BCUT2D eigenvalue weighted by Crippen LogP contribution is -2.10. The molecule has 1 saturated carbocycles. The molecule has 1 unspecified atom stereocenters. The Labute approximate surface area is 159 Å². The maximum Gasteiger partial charge on any atom is 0.422 e. The van der Waals surface area contributed by atoms with Gasteiger partial charge in [-0.1, -0.05) is 12.1 Å². The molecule has 4 rings (SSSR count). The summed E-state index contributed by atoms with van der Waals surface area (Å²) in [7, 11) is 0. The summed E-state index contributed by atoms with van der Waals surface area (Å²) in [6.45, 7) is 2.31. The number of benzene rings is 1. The van der Waals surface area contributed by atoms with Gasteiger partial charge in [-0.3, -0.25) is 0 Å². The topological polar surface area (TPSA) is 73.1 Å². The molecule has 6 nitrogen and oxygen atoms in total. The van der Waals surface area contributed by atoms with Crippen molar-refractivity contribution in [1.29, 1.82) is 0 Å². The van der Waals surface area contributed by atoms with Crippen LogP contribution in [0.3, 0.4) is 0 Å². The zero-order chi connectivity index (χ0) is 19.9. The summed E-state index contributed by atoms with van der Waals surface area (Å²) in [6.07, 6.45) is -1.69. The lowest BCUT2D eigenvalue weighted by molar-refractivity contribution is -0.137. The van der Waals surface area contributed by atoms with E-state index in [-0.39, 0.29) is 11.4 Å². The van der Waals surface area contributed by atoms with Gasteiger partial charge in [0.15, 0.2) is 0 Å². The number of halogens is 3. The minimum atomic E-state index is -4.69. The quantitative estimate of drug-likeness (QED) is 0.669. The fourth-order valence-electron chi connectivity index (χ4n) is 3.12. The lowest BCUT2D eigenvalue weighted by atomic mass is 10.1. The van der Waals surface area contributed by atoms with Crippen LogP contribution in [0.5, 0.6) is 11.6 Å². The van der Waals surface area contributed by atoms with Crippen molar-refractivity contribution in [3.05, 3.63) is 41.6 Å². The Balaban J connectivity index is 1.79. The highest BCUT2D eigenvalue weighted by Crippen LogP contribution is 2.43. The van der Waals surface area contributed by atoms with Crippen LogP contribution in [0.4, 0.5) is 13.2 Å². The van der Waals surface area contributed by atoms with Gasteiger partial charge in [0.25, 0.3) is 0 Å². The minimum Gasteiger partial charge on any atom is -0.438 e. The van der Waals surface area contributed by atoms with Gasteiger partial charge in [-0.15, -0.1) is 5.10 Å². The van der Waals surface area contributed by atoms with Crippen molar-refractivity contribution in [2.24, 2.45) is 5.92 Å². The molecule has 9 heteroatoms. The maximum absolute atomic E-state index is 13.9. The highest BCUT2D eigenvalue weighted by molar-refractivity contribution is 5.81. The molecular formula is C19H19F3N4O2. The van der Waals surface area contributed by atoms with Gasteiger partial charge in [-0.25, -0.2) is 9.67 Å². The van der Waals surface area contributed by atoms with Gasteiger partial charge in [0, 0.05) is 18.3 Å². The van der Waals surface area contributed by atoms with Gasteiger partial charge < -0.3 is 9.84 Å². The van der Waals surface area contributed by atoms with E-state index >= 15 is 0 Å². The molecule has 0 saturated heterocycles. The third-order valence-electron chi connectivity index (χ3n) is 4.81. The van der Waals surface area contributed by atoms with E-state index in [1.807, 2.05) is 0 Å². The van der Waals surface area contributed by atoms with Crippen LogP contribution in [0.25, 0.3) is 11.0 Å². The molecule has 28 heavy (non-hydrogen) atoms. The van der Waals surface area contributed by atoms with E-state index in [9.17, 15) is 18.3 Å². The first kappa shape index (κ1) is 18.7. The number of hydrogen-bond donors (Lipinski definition) is 1. The average Bonchev–Trinajstić information content (AvgIpc) is 3.39.